The minimum Gasteiger partial charge on any atom is -0.495 e. The lowest BCUT2D eigenvalue weighted by Gasteiger charge is -2.38. The molecule has 0 aromatic heterocycles. The lowest BCUT2D eigenvalue weighted by Crippen LogP contribution is -2.43. The number of hydrogen-bond acceptors (Lipinski definition) is 3. The van der Waals surface area contributed by atoms with Crippen LogP contribution in [0.2, 0.25) is 0 Å². The van der Waals surface area contributed by atoms with Crippen LogP contribution in [0.5, 0.6) is 5.75 Å². The monoisotopic (exact) mass is 450 g/mol. The molecule has 0 saturated carbocycles. The number of halogens is 1. The zero-order valence-corrected chi connectivity index (χ0v) is 18.1. The number of para-hydroxylation sites is 2. The summed E-state index contributed by atoms with van der Waals surface area (Å²) in [6, 6.07) is 21.7. The second-order valence-electron chi connectivity index (χ2n) is 7.05. The fraction of sp³-hybridized carbons (Fsp3) is 0.208. The van der Waals surface area contributed by atoms with E-state index in [-0.39, 0.29) is 12.1 Å². The van der Waals surface area contributed by atoms with Crippen LogP contribution in [0, 0.1) is 0 Å². The molecule has 0 aliphatic carbocycles. The number of aryl methyl sites for hydroxylation is 1. The number of methoxy groups -OCH3 is 1. The maximum Gasteiger partial charge on any atom is 0.262 e. The number of benzene rings is 3. The molecule has 3 aromatic rings. The number of rotatable bonds is 5. The first kappa shape index (κ1) is 19.5. The summed E-state index contributed by atoms with van der Waals surface area (Å²) in [5, 5.41) is 3.54. The fourth-order valence-electron chi connectivity index (χ4n) is 3.81. The second kappa shape index (κ2) is 8.29. The van der Waals surface area contributed by atoms with Crippen LogP contribution in [0.4, 0.5) is 11.4 Å². The van der Waals surface area contributed by atoms with Crippen molar-refractivity contribution in [3.63, 3.8) is 0 Å². The number of anilines is 2. The molecule has 148 valence electrons. The summed E-state index contributed by atoms with van der Waals surface area (Å²) in [7, 11) is 1.64. The molecule has 29 heavy (non-hydrogen) atoms. The Morgan fingerprint density at radius 2 is 1.79 bits per heavy atom. The molecule has 1 aliphatic rings. The van der Waals surface area contributed by atoms with E-state index >= 15 is 0 Å². The predicted octanol–water partition coefficient (Wildman–Crippen LogP) is 6.18. The predicted molar refractivity (Wildman–Crippen MR) is 121 cm³/mol. The molecule has 4 rings (SSSR count). The third-order valence-electron chi connectivity index (χ3n) is 5.18. The molecule has 1 aliphatic heterocycles. The largest absolute Gasteiger partial charge is 0.495 e. The fourth-order valence-corrected chi connectivity index (χ4v) is 4.35. The van der Waals surface area contributed by atoms with Crippen LogP contribution in [0.15, 0.2) is 71.2 Å². The standard InChI is InChI=1S/C24H23BrN2O2/c1-3-7-16-12-14-17(15-13-16)27-23(19-9-6-10-20(25)22(19)29-2)26-21-11-5-4-8-18(21)24(27)28/h4-6,8-15,23,26H,3,7H2,1-2H3. The Hall–Kier alpha value is -2.79. The topological polar surface area (TPSA) is 41.6 Å². The first-order chi connectivity index (χ1) is 14.1. The minimum atomic E-state index is -0.387. The number of ether oxygens (including phenoxy) is 1. The molecule has 1 N–H and O–H groups in total. The average molecular weight is 451 g/mol. The Balaban J connectivity index is 1.85. The van der Waals surface area contributed by atoms with Crippen LogP contribution in [0.1, 0.15) is 41.0 Å². The quantitative estimate of drug-likeness (QED) is 0.504. The average Bonchev–Trinajstić information content (AvgIpc) is 2.74. The van der Waals surface area contributed by atoms with Gasteiger partial charge in [0.1, 0.15) is 11.9 Å². The molecule has 1 amide bonds. The van der Waals surface area contributed by atoms with Crippen molar-refractivity contribution < 1.29 is 9.53 Å². The van der Waals surface area contributed by atoms with E-state index in [1.165, 1.54) is 5.56 Å². The molecule has 1 heterocycles. The van der Waals surface area contributed by atoms with Gasteiger partial charge in [0, 0.05) is 16.9 Å². The van der Waals surface area contributed by atoms with Crippen LogP contribution in [0.25, 0.3) is 0 Å². The van der Waals surface area contributed by atoms with E-state index in [0.29, 0.717) is 11.3 Å². The zero-order valence-electron chi connectivity index (χ0n) is 16.5. The Morgan fingerprint density at radius 3 is 2.52 bits per heavy atom. The molecule has 1 atom stereocenters. The Labute approximate surface area is 179 Å². The normalized spacial score (nSPS) is 15.6. The van der Waals surface area contributed by atoms with Gasteiger partial charge in [-0.2, -0.15) is 0 Å². The smallest absolute Gasteiger partial charge is 0.262 e. The van der Waals surface area contributed by atoms with Gasteiger partial charge in [-0.15, -0.1) is 0 Å². The number of nitrogens with one attached hydrogen (secondary N) is 1. The third-order valence-corrected chi connectivity index (χ3v) is 5.80. The van der Waals surface area contributed by atoms with E-state index in [4.69, 9.17) is 4.74 Å². The molecule has 0 radical (unpaired) electrons. The van der Waals surface area contributed by atoms with Crippen LogP contribution in [0.3, 0.4) is 0 Å². The van der Waals surface area contributed by atoms with Crippen LogP contribution in [-0.4, -0.2) is 13.0 Å². The van der Waals surface area contributed by atoms with Crippen molar-refractivity contribution in [2.24, 2.45) is 0 Å². The van der Waals surface area contributed by atoms with Crippen LogP contribution in [-0.2, 0) is 6.42 Å². The zero-order chi connectivity index (χ0) is 20.4. The Morgan fingerprint density at radius 1 is 1.03 bits per heavy atom. The highest BCUT2D eigenvalue weighted by Crippen LogP contribution is 2.41. The summed E-state index contributed by atoms with van der Waals surface area (Å²) in [4.78, 5) is 15.3. The van der Waals surface area contributed by atoms with Crippen molar-refractivity contribution >= 4 is 33.2 Å². The number of hydrogen-bond donors (Lipinski definition) is 1. The van der Waals surface area contributed by atoms with Gasteiger partial charge in [0.2, 0.25) is 0 Å². The molecule has 0 spiro atoms. The highest BCUT2D eigenvalue weighted by molar-refractivity contribution is 9.10. The van der Waals surface area contributed by atoms with Crippen LogP contribution < -0.4 is 15.0 Å². The molecule has 0 saturated heterocycles. The van der Waals surface area contributed by atoms with Crippen molar-refractivity contribution in [2.75, 3.05) is 17.3 Å². The number of carbonyl (C=O) groups excluding carboxylic acids is 1. The molecular formula is C24H23BrN2O2. The first-order valence-corrected chi connectivity index (χ1v) is 10.5. The van der Waals surface area contributed by atoms with Gasteiger partial charge in [-0.3, -0.25) is 9.69 Å². The van der Waals surface area contributed by atoms with E-state index in [1.54, 1.807) is 7.11 Å². The molecule has 4 nitrogen and oxygen atoms in total. The molecular weight excluding hydrogens is 428 g/mol. The molecule has 1 unspecified atom stereocenters. The van der Waals surface area contributed by atoms with E-state index in [1.807, 2.05) is 59.5 Å². The van der Waals surface area contributed by atoms with E-state index in [0.717, 1.165) is 34.3 Å². The number of carbonyl (C=O) groups is 1. The lowest BCUT2D eigenvalue weighted by atomic mass is 10.0. The van der Waals surface area contributed by atoms with E-state index < -0.39 is 0 Å². The van der Waals surface area contributed by atoms with Gasteiger partial charge in [-0.1, -0.05) is 49.7 Å². The second-order valence-corrected chi connectivity index (χ2v) is 7.90. The summed E-state index contributed by atoms with van der Waals surface area (Å²) < 4.78 is 6.51. The van der Waals surface area contributed by atoms with Gasteiger partial charge in [0.15, 0.2) is 0 Å². The lowest BCUT2D eigenvalue weighted by molar-refractivity contribution is 0.0974. The summed E-state index contributed by atoms with van der Waals surface area (Å²) >= 11 is 3.57. The molecule has 0 bridgehead atoms. The highest BCUT2D eigenvalue weighted by atomic mass is 79.9. The van der Waals surface area contributed by atoms with Crippen molar-refractivity contribution in [1.82, 2.24) is 0 Å². The van der Waals surface area contributed by atoms with Crippen LogP contribution >= 0.6 is 15.9 Å². The Kier molecular flexibility index (Phi) is 5.58. The SMILES string of the molecule is CCCc1ccc(N2C(=O)c3ccccc3NC2c2cccc(Br)c2OC)cc1. The number of amides is 1. The van der Waals surface area contributed by atoms with Crippen molar-refractivity contribution in [1.29, 1.82) is 0 Å². The van der Waals surface area contributed by atoms with Crippen molar-refractivity contribution in [3.05, 3.63) is 87.9 Å². The summed E-state index contributed by atoms with van der Waals surface area (Å²) in [6.45, 7) is 2.17. The third kappa shape index (κ3) is 3.62. The molecule has 3 aromatic carbocycles. The summed E-state index contributed by atoms with van der Waals surface area (Å²) in [5.74, 6) is 0.680. The van der Waals surface area contributed by atoms with Gasteiger partial charge < -0.3 is 10.1 Å². The molecule has 5 heteroatoms. The number of nitrogens with zero attached hydrogens (tertiary/aromatic N) is 1. The van der Waals surface area contributed by atoms with Crippen molar-refractivity contribution in [2.45, 2.75) is 25.9 Å². The maximum atomic E-state index is 13.5. The summed E-state index contributed by atoms with van der Waals surface area (Å²) in [6.07, 6.45) is 1.73. The maximum absolute atomic E-state index is 13.5. The van der Waals surface area contributed by atoms with Gasteiger partial charge in [0.25, 0.3) is 5.91 Å². The number of fused-ring (bicyclic) bond motifs is 1. The minimum absolute atomic E-state index is 0.0328. The van der Waals surface area contributed by atoms with Gasteiger partial charge in [0.05, 0.1) is 17.1 Å². The van der Waals surface area contributed by atoms with Gasteiger partial charge in [-0.25, -0.2) is 0 Å². The summed E-state index contributed by atoms with van der Waals surface area (Å²) in [5.41, 5.74) is 4.50. The van der Waals surface area contributed by atoms with E-state index in [9.17, 15) is 4.79 Å². The van der Waals surface area contributed by atoms with E-state index in [2.05, 4.69) is 40.3 Å². The van der Waals surface area contributed by atoms with Gasteiger partial charge >= 0.3 is 0 Å². The highest BCUT2D eigenvalue weighted by Gasteiger charge is 2.35. The molecule has 0 fully saturated rings. The first-order valence-electron chi connectivity index (χ1n) is 9.74. The Bertz CT molecular complexity index is 1030. The van der Waals surface area contributed by atoms with Gasteiger partial charge in [-0.05, 0) is 58.2 Å². The van der Waals surface area contributed by atoms with Crippen molar-refractivity contribution in [3.8, 4) is 5.75 Å².